The van der Waals surface area contributed by atoms with Crippen LogP contribution in [-0.4, -0.2) is 47.0 Å². The van der Waals surface area contributed by atoms with E-state index in [1.807, 2.05) is 29.2 Å². The third-order valence-electron chi connectivity index (χ3n) is 4.45. The average Bonchev–Trinajstić information content (AvgIpc) is 2.67. The molecular weight excluding hydrogens is 371 g/mol. The van der Waals surface area contributed by atoms with Crippen molar-refractivity contribution in [2.45, 2.75) is 0 Å². The van der Waals surface area contributed by atoms with Gasteiger partial charge in [-0.05, 0) is 30.3 Å². The van der Waals surface area contributed by atoms with Crippen molar-refractivity contribution in [3.05, 3.63) is 64.3 Å². The van der Waals surface area contributed by atoms with Gasteiger partial charge in [0.05, 0.1) is 11.0 Å². The summed E-state index contributed by atoms with van der Waals surface area (Å²) in [5, 5.41) is 0.950. The van der Waals surface area contributed by atoms with Gasteiger partial charge in [0.25, 0.3) is 5.91 Å². The molecule has 0 aliphatic carbocycles. The maximum atomic E-state index is 12.6. The third-order valence-corrected chi connectivity index (χ3v) is 4.94. The molecule has 4 rings (SSSR count). The molecule has 1 aromatic heterocycles. The monoisotopic (exact) mass is 386 g/mol. The number of piperazine rings is 1. The fourth-order valence-electron chi connectivity index (χ4n) is 3.10. The lowest BCUT2D eigenvalue weighted by Gasteiger charge is -2.35. The van der Waals surface area contributed by atoms with Gasteiger partial charge in [-0.1, -0.05) is 41.4 Å². The third kappa shape index (κ3) is 3.32. The van der Waals surface area contributed by atoms with Gasteiger partial charge >= 0.3 is 0 Å². The molecule has 1 saturated heterocycles. The van der Waals surface area contributed by atoms with Crippen molar-refractivity contribution in [3.8, 4) is 0 Å². The van der Waals surface area contributed by atoms with E-state index in [1.54, 1.807) is 24.3 Å². The molecule has 7 heteroatoms. The van der Waals surface area contributed by atoms with Crippen LogP contribution in [0.5, 0.6) is 0 Å². The van der Waals surface area contributed by atoms with Crippen LogP contribution < -0.4 is 4.90 Å². The second kappa shape index (κ2) is 7.09. The van der Waals surface area contributed by atoms with Gasteiger partial charge in [0.1, 0.15) is 0 Å². The first-order valence-electron chi connectivity index (χ1n) is 8.34. The second-order valence-corrected chi connectivity index (χ2v) is 6.91. The van der Waals surface area contributed by atoms with Crippen molar-refractivity contribution >= 4 is 46.0 Å². The Kier molecular flexibility index (Phi) is 4.66. The quantitative estimate of drug-likeness (QED) is 0.669. The number of rotatable bonds is 2. The van der Waals surface area contributed by atoms with Crippen LogP contribution in [0.4, 0.5) is 5.82 Å². The van der Waals surface area contributed by atoms with Gasteiger partial charge < -0.3 is 9.80 Å². The molecule has 2 heterocycles. The smallest absolute Gasteiger partial charge is 0.254 e. The van der Waals surface area contributed by atoms with Gasteiger partial charge in [-0.3, -0.25) is 4.79 Å². The zero-order valence-electron chi connectivity index (χ0n) is 13.9. The highest BCUT2D eigenvalue weighted by Crippen LogP contribution is 2.26. The Morgan fingerprint density at radius 2 is 1.58 bits per heavy atom. The molecule has 132 valence electrons. The van der Waals surface area contributed by atoms with Crippen molar-refractivity contribution in [1.82, 2.24) is 14.9 Å². The Morgan fingerprint density at radius 3 is 2.27 bits per heavy atom. The molecule has 0 atom stereocenters. The van der Waals surface area contributed by atoms with E-state index >= 15 is 0 Å². The Morgan fingerprint density at radius 1 is 0.885 bits per heavy atom. The number of amides is 1. The molecular formula is C19H16Cl2N4O. The Bertz CT molecular complexity index is 971. The first-order valence-corrected chi connectivity index (χ1v) is 9.09. The molecule has 0 spiro atoms. The van der Waals surface area contributed by atoms with Gasteiger partial charge in [-0.25, -0.2) is 9.97 Å². The number of anilines is 1. The van der Waals surface area contributed by atoms with Gasteiger partial charge in [0, 0.05) is 36.8 Å². The van der Waals surface area contributed by atoms with Crippen LogP contribution in [0.3, 0.4) is 0 Å². The SMILES string of the molecule is O=C(c1cccc(Cl)c1)N1CCN(c2nc3ccccc3nc2Cl)CC1. The lowest BCUT2D eigenvalue weighted by atomic mass is 10.2. The van der Waals surface area contributed by atoms with E-state index in [4.69, 9.17) is 23.2 Å². The number of hydrogen-bond acceptors (Lipinski definition) is 4. The maximum Gasteiger partial charge on any atom is 0.254 e. The van der Waals surface area contributed by atoms with Crippen molar-refractivity contribution in [2.75, 3.05) is 31.1 Å². The number of hydrogen-bond donors (Lipinski definition) is 0. The van der Waals surface area contributed by atoms with Crippen molar-refractivity contribution < 1.29 is 4.79 Å². The lowest BCUT2D eigenvalue weighted by Crippen LogP contribution is -2.49. The molecule has 3 aromatic rings. The summed E-state index contributed by atoms with van der Waals surface area (Å²) in [5.74, 6) is 0.656. The summed E-state index contributed by atoms with van der Waals surface area (Å²) < 4.78 is 0. The van der Waals surface area contributed by atoms with E-state index in [2.05, 4.69) is 14.9 Å². The molecule has 0 unspecified atom stereocenters. The van der Waals surface area contributed by atoms with Crippen molar-refractivity contribution in [3.63, 3.8) is 0 Å². The number of aromatic nitrogens is 2. The number of halogens is 2. The number of fused-ring (bicyclic) bond motifs is 1. The van der Waals surface area contributed by atoms with E-state index in [1.165, 1.54) is 0 Å². The first-order chi connectivity index (χ1) is 12.6. The fraction of sp³-hybridized carbons (Fsp3) is 0.211. The topological polar surface area (TPSA) is 49.3 Å². The van der Waals surface area contributed by atoms with Crippen LogP contribution in [0.1, 0.15) is 10.4 Å². The molecule has 0 N–H and O–H groups in total. The van der Waals surface area contributed by atoms with Crippen LogP contribution in [0.25, 0.3) is 11.0 Å². The minimum absolute atomic E-state index is 0.0113. The summed E-state index contributed by atoms with van der Waals surface area (Å²) in [6.07, 6.45) is 0. The zero-order chi connectivity index (χ0) is 18.1. The molecule has 1 amide bonds. The van der Waals surface area contributed by atoms with Crippen LogP contribution in [0.15, 0.2) is 48.5 Å². The van der Waals surface area contributed by atoms with Crippen LogP contribution in [0.2, 0.25) is 10.2 Å². The van der Waals surface area contributed by atoms with E-state index < -0.39 is 0 Å². The highest BCUT2D eigenvalue weighted by molar-refractivity contribution is 6.32. The largest absolute Gasteiger partial charge is 0.350 e. The van der Waals surface area contributed by atoms with E-state index in [-0.39, 0.29) is 5.91 Å². The molecule has 0 radical (unpaired) electrons. The van der Waals surface area contributed by atoms with Gasteiger partial charge in [0.2, 0.25) is 0 Å². The Hall–Kier alpha value is -2.37. The highest BCUT2D eigenvalue weighted by Gasteiger charge is 2.24. The number of carbonyl (C=O) groups excluding carboxylic acids is 1. The summed E-state index contributed by atoms with van der Waals surface area (Å²) in [6, 6.07) is 14.7. The van der Waals surface area contributed by atoms with Crippen LogP contribution in [-0.2, 0) is 0 Å². The van der Waals surface area contributed by atoms with E-state index in [9.17, 15) is 4.79 Å². The highest BCUT2D eigenvalue weighted by atomic mass is 35.5. The minimum Gasteiger partial charge on any atom is -0.350 e. The lowest BCUT2D eigenvalue weighted by molar-refractivity contribution is 0.0746. The Labute approximate surface area is 161 Å². The molecule has 1 aliphatic heterocycles. The second-order valence-electron chi connectivity index (χ2n) is 6.12. The summed E-state index contributed by atoms with van der Waals surface area (Å²) >= 11 is 12.3. The molecule has 1 fully saturated rings. The number of para-hydroxylation sites is 2. The minimum atomic E-state index is -0.0113. The summed E-state index contributed by atoms with van der Waals surface area (Å²) in [4.78, 5) is 25.6. The van der Waals surface area contributed by atoms with Crippen LogP contribution >= 0.6 is 23.2 Å². The van der Waals surface area contributed by atoms with Crippen molar-refractivity contribution in [2.24, 2.45) is 0 Å². The number of carbonyl (C=O) groups is 1. The number of benzene rings is 2. The summed E-state index contributed by atoms with van der Waals surface area (Å²) in [7, 11) is 0. The molecule has 1 aliphatic rings. The maximum absolute atomic E-state index is 12.6. The normalized spacial score (nSPS) is 14.7. The summed E-state index contributed by atoms with van der Waals surface area (Å²) in [6.45, 7) is 2.49. The Balaban J connectivity index is 1.50. The predicted molar refractivity (Wildman–Crippen MR) is 104 cm³/mol. The first kappa shape index (κ1) is 17.1. The molecule has 0 bridgehead atoms. The van der Waals surface area contributed by atoms with Gasteiger partial charge in [-0.15, -0.1) is 0 Å². The summed E-state index contributed by atoms with van der Waals surface area (Å²) in [5.41, 5.74) is 2.19. The standard InChI is InChI=1S/C19H16Cl2N4O/c20-14-5-3-4-13(12-14)19(26)25-10-8-24(9-11-25)18-17(21)22-15-6-1-2-7-16(15)23-18/h1-7,12H,8-11H2. The molecule has 2 aromatic carbocycles. The fourth-order valence-corrected chi connectivity index (χ4v) is 3.54. The molecule has 5 nitrogen and oxygen atoms in total. The van der Waals surface area contributed by atoms with E-state index in [0.29, 0.717) is 47.7 Å². The zero-order valence-corrected chi connectivity index (χ0v) is 15.4. The van der Waals surface area contributed by atoms with Crippen molar-refractivity contribution in [1.29, 1.82) is 0 Å². The molecule has 0 saturated carbocycles. The number of nitrogens with zero attached hydrogens (tertiary/aromatic N) is 4. The average molecular weight is 387 g/mol. The molecule has 26 heavy (non-hydrogen) atoms. The van der Waals surface area contributed by atoms with Gasteiger partial charge in [-0.2, -0.15) is 0 Å². The predicted octanol–water partition coefficient (Wildman–Crippen LogP) is 3.90. The van der Waals surface area contributed by atoms with Crippen LogP contribution in [0, 0.1) is 0 Å². The van der Waals surface area contributed by atoms with Gasteiger partial charge in [0.15, 0.2) is 11.0 Å². The van der Waals surface area contributed by atoms with E-state index in [0.717, 1.165) is 11.0 Å².